The van der Waals surface area contributed by atoms with Gasteiger partial charge in [-0.3, -0.25) is 0 Å². The average molecular weight is 84.2 g/mol. The predicted molar refractivity (Wildman–Crippen MR) is 29.7 cm³/mol. The highest BCUT2D eigenvalue weighted by molar-refractivity contribution is 4.77. The Morgan fingerprint density at radius 3 is 1.50 bits per heavy atom. The molecule has 0 radical (unpaired) electrons. The summed E-state index contributed by atoms with van der Waals surface area (Å²) in [6.07, 6.45) is 6.71. The number of allylic oxidation sites excluding steroid dienone is 2. The fourth-order valence-corrected chi connectivity index (χ4v) is 0.333. The van der Waals surface area contributed by atoms with Gasteiger partial charge in [0.05, 0.1) is 0 Å². The van der Waals surface area contributed by atoms with E-state index in [0.717, 1.165) is 0 Å². The van der Waals surface area contributed by atoms with Crippen molar-refractivity contribution in [1.29, 1.82) is 0 Å². The van der Waals surface area contributed by atoms with Gasteiger partial charge in [0.2, 0.25) is 0 Å². The molecule has 0 spiro atoms. The van der Waals surface area contributed by atoms with E-state index in [9.17, 15) is 0 Å². The van der Waals surface area contributed by atoms with E-state index in [0.29, 0.717) is 0 Å². The highest BCUT2D eigenvalue weighted by atomic mass is 13.7. The molecule has 0 bridgehead atoms. The Balaban J connectivity index is 2.73. The molecule has 0 heterocycles. The molecule has 0 aromatic carbocycles. The Morgan fingerprint density at radius 1 is 1.00 bits per heavy atom. The van der Waals surface area contributed by atoms with Crippen LogP contribution in [0.1, 0.15) is 26.7 Å². The SMILES string of the molecule is CC/C=C\CC. The smallest absolute Gasteiger partial charge is 0.0379 e. The van der Waals surface area contributed by atoms with Gasteiger partial charge in [-0.2, -0.15) is 0 Å². The Hall–Kier alpha value is -0.260. The van der Waals surface area contributed by atoms with E-state index < -0.39 is 0 Å². The number of rotatable bonds is 2. The van der Waals surface area contributed by atoms with Crippen molar-refractivity contribution >= 4 is 0 Å². The maximum absolute atomic E-state index is 2.18. The summed E-state index contributed by atoms with van der Waals surface area (Å²) in [5.41, 5.74) is 0. The highest BCUT2D eigenvalue weighted by Gasteiger charge is 1.60. The second-order valence-corrected chi connectivity index (χ2v) is 1.29. The molecule has 0 aromatic heterocycles. The zero-order valence-corrected chi connectivity index (χ0v) is 4.57. The van der Waals surface area contributed by atoms with Crippen LogP contribution < -0.4 is 0 Å². The van der Waals surface area contributed by atoms with Crippen molar-refractivity contribution in [3.05, 3.63) is 12.2 Å². The van der Waals surface area contributed by atoms with Crippen molar-refractivity contribution < 1.29 is 0 Å². The zero-order valence-electron chi connectivity index (χ0n) is 4.57. The minimum absolute atomic E-state index is 1.17. The molecule has 0 aliphatic rings. The first-order chi connectivity index (χ1) is 2.91. The molecule has 0 rings (SSSR count). The first kappa shape index (κ1) is 5.74. The minimum Gasteiger partial charge on any atom is -0.0888 e. The predicted octanol–water partition coefficient (Wildman–Crippen LogP) is 2.36. The Bertz CT molecular complexity index is 29.3. The summed E-state index contributed by atoms with van der Waals surface area (Å²) in [6, 6.07) is 0. The van der Waals surface area contributed by atoms with Gasteiger partial charge in [0, 0.05) is 0 Å². The van der Waals surface area contributed by atoms with E-state index in [-0.39, 0.29) is 0 Å². The molecule has 0 saturated carbocycles. The van der Waals surface area contributed by atoms with Crippen LogP contribution in [0.2, 0.25) is 0 Å². The van der Waals surface area contributed by atoms with Gasteiger partial charge in [-0.1, -0.05) is 26.0 Å². The standard InChI is InChI=1S/C6H12/c1-3-5-6-4-2/h5-6H,3-4H2,1-2H3/b6-5-. The van der Waals surface area contributed by atoms with Crippen LogP contribution in [0.5, 0.6) is 0 Å². The normalized spacial score (nSPS) is 10.3. The lowest BCUT2D eigenvalue weighted by atomic mass is 10.4. The lowest BCUT2D eigenvalue weighted by molar-refractivity contribution is 1.16. The second kappa shape index (κ2) is 4.74. The van der Waals surface area contributed by atoms with E-state index >= 15 is 0 Å². The molecule has 0 unspecified atom stereocenters. The Kier molecular flexibility index (Phi) is 4.53. The van der Waals surface area contributed by atoms with Crippen LogP contribution >= 0.6 is 0 Å². The summed E-state index contributed by atoms with van der Waals surface area (Å²) < 4.78 is 0. The van der Waals surface area contributed by atoms with Gasteiger partial charge in [0.25, 0.3) is 0 Å². The third-order valence-corrected chi connectivity index (χ3v) is 0.638. The van der Waals surface area contributed by atoms with Crippen LogP contribution in [0.15, 0.2) is 12.2 Å². The van der Waals surface area contributed by atoms with Crippen LogP contribution in [-0.2, 0) is 0 Å². The van der Waals surface area contributed by atoms with Gasteiger partial charge < -0.3 is 0 Å². The largest absolute Gasteiger partial charge is 0.0888 e. The first-order valence-electron chi connectivity index (χ1n) is 2.56. The monoisotopic (exact) mass is 84.1 g/mol. The van der Waals surface area contributed by atoms with E-state index in [1.807, 2.05) is 0 Å². The van der Waals surface area contributed by atoms with E-state index in [4.69, 9.17) is 0 Å². The highest BCUT2D eigenvalue weighted by Crippen LogP contribution is 1.81. The van der Waals surface area contributed by atoms with Crippen LogP contribution in [0.25, 0.3) is 0 Å². The van der Waals surface area contributed by atoms with Gasteiger partial charge in [-0.25, -0.2) is 0 Å². The van der Waals surface area contributed by atoms with E-state index in [1.54, 1.807) is 0 Å². The number of hydrogen-bond acceptors (Lipinski definition) is 0. The third-order valence-electron chi connectivity index (χ3n) is 0.638. The third kappa shape index (κ3) is 3.74. The molecule has 0 aliphatic heterocycles. The molecule has 6 heavy (non-hydrogen) atoms. The van der Waals surface area contributed by atoms with Crippen molar-refractivity contribution in [2.75, 3.05) is 0 Å². The molecular weight excluding hydrogens is 72.1 g/mol. The van der Waals surface area contributed by atoms with E-state index in [2.05, 4.69) is 26.0 Å². The summed E-state index contributed by atoms with van der Waals surface area (Å²) >= 11 is 0. The van der Waals surface area contributed by atoms with Gasteiger partial charge >= 0.3 is 0 Å². The quantitative estimate of drug-likeness (QED) is 0.450. The maximum atomic E-state index is 2.18. The molecular formula is C6H12. The zero-order chi connectivity index (χ0) is 4.83. The molecule has 36 valence electrons. The number of hydrogen-bond donors (Lipinski definition) is 0. The molecule has 0 N–H and O–H groups in total. The lowest BCUT2D eigenvalue weighted by Gasteiger charge is -1.72. The van der Waals surface area contributed by atoms with Crippen LogP contribution in [0.4, 0.5) is 0 Å². The lowest BCUT2D eigenvalue weighted by Crippen LogP contribution is -1.51. The van der Waals surface area contributed by atoms with Crippen molar-refractivity contribution in [3.8, 4) is 0 Å². The summed E-state index contributed by atoms with van der Waals surface area (Å²) in [5.74, 6) is 0. The molecule has 0 nitrogen and oxygen atoms in total. The summed E-state index contributed by atoms with van der Waals surface area (Å²) in [5, 5.41) is 0. The van der Waals surface area contributed by atoms with Gasteiger partial charge in [0.1, 0.15) is 0 Å². The van der Waals surface area contributed by atoms with Gasteiger partial charge in [-0.05, 0) is 12.8 Å². The van der Waals surface area contributed by atoms with Crippen LogP contribution in [-0.4, -0.2) is 0 Å². The minimum atomic E-state index is 1.17. The average Bonchev–Trinajstić information content (AvgIpc) is 1.61. The van der Waals surface area contributed by atoms with Gasteiger partial charge in [-0.15, -0.1) is 0 Å². The Labute approximate surface area is 39.9 Å². The fraction of sp³-hybridized carbons (Fsp3) is 0.667. The second-order valence-electron chi connectivity index (χ2n) is 1.29. The molecule has 0 fully saturated rings. The summed E-state index contributed by atoms with van der Waals surface area (Å²) in [7, 11) is 0. The molecule has 0 aliphatic carbocycles. The molecule has 0 amide bonds. The van der Waals surface area contributed by atoms with Gasteiger partial charge in [0.15, 0.2) is 0 Å². The van der Waals surface area contributed by atoms with Crippen molar-refractivity contribution in [2.24, 2.45) is 0 Å². The van der Waals surface area contributed by atoms with Crippen molar-refractivity contribution in [1.82, 2.24) is 0 Å². The topological polar surface area (TPSA) is 0 Å². The molecule has 0 heteroatoms. The summed E-state index contributed by atoms with van der Waals surface area (Å²) in [6.45, 7) is 4.29. The summed E-state index contributed by atoms with van der Waals surface area (Å²) in [4.78, 5) is 0. The molecule has 0 saturated heterocycles. The fourth-order valence-electron chi connectivity index (χ4n) is 0.333. The van der Waals surface area contributed by atoms with Crippen molar-refractivity contribution in [3.63, 3.8) is 0 Å². The first-order valence-corrected chi connectivity index (χ1v) is 2.56. The molecule has 0 aromatic rings. The Morgan fingerprint density at radius 2 is 1.33 bits per heavy atom. The van der Waals surface area contributed by atoms with E-state index in [1.165, 1.54) is 12.8 Å². The molecule has 0 atom stereocenters. The van der Waals surface area contributed by atoms with Crippen LogP contribution in [0.3, 0.4) is 0 Å². The van der Waals surface area contributed by atoms with Crippen LogP contribution in [0, 0.1) is 0 Å². The van der Waals surface area contributed by atoms with Crippen molar-refractivity contribution in [2.45, 2.75) is 26.7 Å². The maximum Gasteiger partial charge on any atom is -0.0379 e.